The molecule has 0 unspecified atom stereocenters. The standard InChI is InChI=1S/C65H101N23O21S/c1-32(2)21-39(66)57(103)86-43(22-35-9-13-37(90)14-10-35)61(107)84-40(7-5-19-72-64(68)69)58(104)80-33(3)55(101)79-28-51(96)77-26-49(94)75-24-47(92)74-25-48(93)76-27-50(95)78-29-52(97)82-46(31-110)63(109)85-41(8-6-20-73-65(70)71)59(105)81-34(4)56(102)83-42(17-18-53(98)99)60(106)87-44(23-36-11-15-38(91)16-12-36)62(108)88-45(30-89)54(67)100/h9-16,32-34,39-46,89-91,110H,5-8,17-31,66H2,1-4H3,(H2,67,100)(H,74,92)(H,75,94)(H,76,93)(H,77,96)(H,78,95)(H,79,101)(H,80,104)(H,81,105)(H,82,97)(H,83,102)(H,84,107)(H,85,109)(H,86,103)(H,87,106)(H,88,108)(H,98,99)(H4,68,69,72)(H4,70,71,73)/t33-,34-,39-,40-,41-,42-,43-,44-,45-,46+/m0/s1. The second-order valence-corrected chi connectivity index (χ2v) is 25.6. The topological polar surface area (TPSA) is 727 Å². The number of hydrogen-bond donors (Lipinski definition) is 28. The molecule has 0 saturated carbocycles. The molecule has 110 heavy (non-hydrogen) atoms. The minimum Gasteiger partial charge on any atom is -0.508 e. The number of carbonyl (C=O) groups is 17. The van der Waals surface area contributed by atoms with E-state index in [2.05, 4.69) is 103 Å². The van der Waals surface area contributed by atoms with Crippen LogP contribution >= 0.6 is 12.6 Å². The molecule has 0 bridgehead atoms. The first-order valence-corrected chi connectivity index (χ1v) is 35.0. The Balaban J connectivity index is 1.92. The van der Waals surface area contributed by atoms with Crippen molar-refractivity contribution in [1.29, 1.82) is 10.8 Å². The van der Waals surface area contributed by atoms with Crippen LogP contribution in [-0.4, -0.2) is 258 Å². The maximum absolute atomic E-state index is 13.8. The number of thiol groups is 1. The fraction of sp³-hybridized carbons (Fsp3) is 0.523. The molecular weight excluding hydrogens is 1470 g/mol. The average molecular weight is 1570 g/mol. The number of aliphatic carboxylic acids is 1. The van der Waals surface area contributed by atoms with Gasteiger partial charge in [0.15, 0.2) is 11.9 Å². The fourth-order valence-corrected chi connectivity index (χ4v) is 9.76. The number of rotatable bonds is 50. The van der Waals surface area contributed by atoms with Gasteiger partial charge in [0.05, 0.1) is 51.9 Å². The number of aromatic hydroxyl groups is 2. The molecule has 0 radical (unpaired) electrons. The van der Waals surface area contributed by atoms with Crippen LogP contribution in [-0.2, 0) is 94.3 Å². The largest absolute Gasteiger partial charge is 0.508 e. The zero-order valence-electron chi connectivity index (χ0n) is 60.9. The number of amides is 16. The predicted molar refractivity (Wildman–Crippen MR) is 393 cm³/mol. The van der Waals surface area contributed by atoms with Crippen molar-refractivity contribution in [2.75, 3.05) is 64.7 Å². The molecule has 10 atom stereocenters. The monoisotopic (exact) mass is 1570 g/mol. The van der Waals surface area contributed by atoms with Gasteiger partial charge >= 0.3 is 5.97 Å². The number of carbonyl (C=O) groups excluding carboxylic acids is 16. The molecule has 2 rings (SSSR count). The zero-order chi connectivity index (χ0) is 82.7. The number of nitrogens with two attached hydrogens (primary N) is 4. The lowest BCUT2D eigenvalue weighted by Crippen LogP contribution is -2.60. The molecule has 608 valence electrons. The highest BCUT2D eigenvalue weighted by Crippen LogP contribution is 2.15. The van der Waals surface area contributed by atoms with Gasteiger partial charge in [-0.15, -0.1) is 0 Å². The van der Waals surface area contributed by atoms with E-state index >= 15 is 0 Å². The Morgan fingerprint density at radius 3 is 1.10 bits per heavy atom. The van der Waals surface area contributed by atoms with Crippen LogP contribution in [0.2, 0.25) is 0 Å². The van der Waals surface area contributed by atoms with E-state index in [1.54, 1.807) is 0 Å². The highest BCUT2D eigenvalue weighted by molar-refractivity contribution is 7.80. The number of hydrogen-bond acceptors (Lipinski definition) is 24. The van der Waals surface area contributed by atoms with Gasteiger partial charge in [0, 0.05) is 38.1 Å². The summed E-state index contributed by atoms with van der Waals surface area (Å²) in [6.07, 6.45) is -1.34. The van der Waals surface area contributed by atoms with Crippen molar-refractivity contribution < 1.29 is 102 Å². The maximum Gasteiger partial charge on any atom is 0.303 e. The number of phenolic OH excluding ortho intramolecular Hbond substituents is 2. The normalized spacial score (nSPS) is 13.5. The van der Waals surface area contributed by atoms with Crippen molar-refractivity contribution in [3.8, 4) is 11.5 Å². The molecule has 45 heteroatoms. The Labute approximate surface area is 636 Å². The molecule has 0 spiro atoms. The first-order chi connectivity index (χ1) is 51.8. The highest BCUT2D eigenvalue weighted by Gasteiger charge is 2.35. The van der Waals surface area contributed by atoms with Crippen LogP contribution in [0.3, 0.4) is 0 Å². The van der Waals surface area contributed by atoms with Crippen molar-refractivity contribution in [2.24, 2.45) is 28.9 Å². The molecule has 0 saturated heterocycles. The Kier molecular flexibility index (Phi) is 42.4. The number of benzene rings is 2. The van der Waals surface area contributed by atoms with Gasteiger partial charge in [-0.05, 0) is 93.7 Å². The second kappa shape index (κ2) is 49.7. The first-order valence-electron chi connectivity index (χ1n) is 34.3. The third kappa shape index (κ3) is 38.9. The zero-order valence-corrected chi connectivity index (χ0v) is 61.8. The van der Waals surface area contributed by atoms with Crippen molar-refractivity contribution >= 4 is 125 Å². The van der Waals surface area contributed by atoms with Crippen LogP contribution in [0.1, 0.15) is 83.8 Å². The lowest BCUT2D eigenvalue weighted by atomic mass is 10.0. The molecule has 0 heterocycles. The first kappa shape index (κ1) is 93.9. The molecule has 0 aromatic heterocycles. The van der Waals surface area contributed by atoms with Gasteiger partial charge in [-0.3, -0.25) is 92.3 Å². The van der Waals surface area contributed by atoms with E-state index in [9.17, 15) is 102 Å². The molecule has 31 N–H and O–H groups in total. The highest BCUT2D eigenvalue weighted by atomic mass is 32.1. The van der Waals surface area contributed by atoms with Crippen LogP contribution in [0.15, 0.2) is 48.5 Å². The summed E-state index contributed by atoms with van der Waals surface area (Å²) in [5, 5.41) is 93.5. The van der Waals surface area contributed by atoms with Gasteiger partial charge in [-0.2, -0.15) is 12.6 Å². The molecule has 0 aliphatic rings. The molecule has 0 aliphatic heterocycles. The van der Waals surface area contributed by atoms with Gasteiger partial charge in [0.2, 0.25) is 94.5 Å². The number of primary amides is 1. The number of carboxylic acid groups (broad SMARTS) is 1. The van der Waals surface area contributed by atoms with E-state index in [0.29, 0.717) is 17.5 Å². The smallest absolute Gasteiger partial charge is 0.303 e. The number of aliphatic hydroxyl groups is 1. The van der Waals surface area contributed by atoms with Gasteiger partial charge < -0.3 is 134 Å². The molecule has 16 amide bonds. The number of carboxylic acids is 1. The summed E-state index contributed by atoms with van der Waals surface area (Å²) in [6.45, 7) is 1.05. The third-order valence-electron chi connectivity index (χ3n) is 15.4. The summed E-state index contributed by atoms with van der Waals surface area (Å²) < 4.78 is 0. The van der Waals surface area contributed by atoms with E-state index in [4.69, 9.17) is 33.8 Å². The lowest BCUT2D eigenvalue weighted by Gasteiger charge is -2.26. The fourth-order valence-electron chi connectivity index (χ4n) is 9.50. The summed E-state index contributed by atoms with van der Waals surface area (Å²) in [5.74, 6) is -17.7. The number of aliphatic hydroxyl groups excluding tert-OH is 1. The van der Waals surface area contributed by atoms with Gasteiger partial charge in [-0.25, -0.2) is 0 Å². The third-order valence-corrected chi connectivity index (χ3v) is 15.8. The van der Waals surface area contributed by atoms with Crippen LogP contribution in [0.5, 0.6) is 11.5 Å². The van der Waals surface area contributed by atoms with Crippen molar-refractivity contribution in [3.63, 3.8) is 0 Å². The Morgan fingerprint density at radius 2 is 0.727 bits per heavy atom. The Morgan fingerprint density at radius 1 is 0.400 bits per heavy atom. The number of guanidine groups is 2. The average Bonchev–Trinajstić information content (AvgIpc) is 0.860. The molecule has 0 aliphatic carbocycles. The van der Waals surface area contributed by atoms with E-state index in [-0.39, 0.29) is 75.0 Å². The predicted octanol–water partition coefficient (Wildman–Crippen LogP) is -10.8. The molecule has 0 fully saturated rings. The van der Waals surface area contributed by atoms with E-state index in [1.807, 2.05) is 13.8 Å². The summed E-state index contributed by atoms with van der Waals surface area (Å²) in [6, 6.07) is -3.02. The maximum atomic E-state index is 13.8. The SMILES string of the molecule is CC(C)C[C@H](N)C(=O)N[C@@H](Cc1ccc(O)cc1)C(=O)N[C@@H](CCCNC(=N)N)C(=O)N[C@@H](C)C(=O)NCC(=O)NCC(=O)NCC(=O)NCC(=O)NCC(=O)NCC(=O)N[C@H](CS)C(=O)N[C@@H](CCCNC(=N)N)C(=O)N[C@@H](C)C(=O)N[C@@H](CCC(=O)O)C(=O)N[C@@H](Cc1ccc(O)cc1)C(=O)N[C@@H](CO)C(N)=O. The van der Waals surface area contributed by atoms with Crippen molar-refractivity contribution in [3.05, 3.63) is 59.7 Å². The van der Waals surface area contributed by atoms with Crippen LogP contribution in [0, 0.1) is 16.7 Å². The van der Waals surface area contributed by atoms with E-state index in [1.165, 1.54) is 62.4 Å². The van der Waals surface area contributed by atoms with E-state index < -0.39 is 231 Å². The molecule has 2 aromatic rings. The van der Waals surface area contributed by atoms with E-state index in [0.717, 1.165) is 0 Å². The Hall–Kier alpha value is -12.2. The second-order valence-electron chi connectivity index (χ2n) is 25.2. The summed E-state index contributed by atoms with van der Waals surface area (Å²) in [5.41, 5.74) is 23.0. The number of nitrogens with one attached hydrogen (secondary N) is 19. The summed E-state index contributed by atoms with van der Waals surface area (Å²) in [7, 11) is 0. The summed E-state index contributed by atoms with van der Waals surface area (Å²) in [4.78, 5) is 221. The van der Waals surface area contributed by atoms with Gasteiger partial charge in [0.25, 0.3) is 0 Å². The van der Waals surface area contributed by atoms with Crippen LogP contribution in [0.4, 0.5) is 0 Å². The van der Waals surface area contributed by atoms with Gasteiger partial charge in [0.1, 0.15) is 65.9 Å². The number of phenols is 2. The van der Waals surface area contributed by atoms with Crippen molar-refractivity contribution in [1.82, 2.24) is 90.4 Å². The molecule has 2 aromatic carbocycles. The van der Waals surface area contributed by atoms with Crippen LogP contribution < -0.4 is 113 Å². The summed E-state index contributed by atoms with van der Waals surface area (Å²) >= 11 is 4.12. The quantitative estimate of drug-likeness (QED) is 0.0127. The minimum atomic E-state index is -1.69. The van der Waals surface area contributed by atoms with Crippen molar-refractivity contribution in [2.45, 2.75) is 146 Å². The minimum absolute atomic E-state index is 0.00741. The van der Waals surface area contributed by atoms with Gasteiger partial charge in [-0.1, -0.05) is 38.1 Å². The molecule has 44 nitrogen and oxygen atoms in total. The van der Waals surface area contributed by atoms with Crippen LogP contribution in [0.25, 0.3) is 0 Å². The molecular formula is C65H101N23O21S. The lowest BCUT2D eigenvalue weighted by molar-refractivity contribution is -0.138. The Bertz CT molecular complexity index is 3560.